The fourth-order valence-electron chi connectivity index (χ4n) is 2.76. The van der Waals surface area contributed by atoms with Gasteiger partial charge in [0.25, 0.3) is 5.91 Å². The van der Waals surface area contributed by atoms with E-state index >= 15 is 0 Å². The third kappa shape index (κ3) is 5.02. The number of aldehydes is 1. The minimum atomic E-state index is -3.35. The number of sulfone groups is 1. The summed E-state index contributed by atoms with van der Waals surface area (Å²) >= 11 is 1.04. The van der Waals surface area contributed by atoms with Crippen molar-refractivity contribution in [2.45, 2.75) is 36.7 Å². The zero-order valence-corrected chi connectivity index (χ0v) is 16.8. The van der Waals surface area contributed by atoms with Crippen molar-refractivity contribution >= 4 is 44.2 Å². The molecule has 3 rings (SSSR count). The standard InChI is InChI=1S/C18H19N3O5S2/c1-28(24,25)15-8-6-12(7-9-15)16(21-26-13-4-2-3-5-13)17(23)20-18-19-10-14(11-22)27-18/h6-11,13H,2-5H2,1H3,(H,19,20,23). The normalized spacial score (nSPS) is 15.4. The van der Waals surface area contributed by atoms with E-state index in [1.54, 1.807) is 0 Å². The smallest absolute Gasteiger partial charge is 0.280 e. The van der Waals surface area contributed by atoms with Crippen LogP contribution in [0, 0.1) is 0 Å². The molecule has 8 nitrogen and oxygen atoms in total. The van der Waals surface area contributed by atoms with Gasteiger partial charge in [-0.2, -0.15) is 0 Å². The van der Waals surface area contributed by atoms with Gasteiger partial charge in [0, 0.05) is 11.8 Å². The van der Waals surface area contributed by atoms with Crippen LogP contribution in [0.1, 0.15) is 40.9 Å². The highest BCUT2D eigenvalue weighted by molar-refractivity contribution is 7.90. The highest BCUT2D eigenvalue weighted by Crippen LogP contribution is 2.22. The number of aromatic nitrogens is 1. The summed E-state index contributed by atoms with van der Waals surface area (Å²) < 4.78 is 23.3. The SMILES string of the molecule is CS(=O)(=O)c1ccc(C(=NOC2CCCC2)C(=O)Nc2ncc(C=O)s2)cc1. The van der Waals surface area contributed by atoms with Crippen molar-refractivity contribution in [1.82, 2.24) is 4.98 Å². The number of amides is 1. The van der Waals surface area contributed by atoms with Gasteiger partial charge in [-0.05, 0) is 37.8 Å². The fourth-order valence-corrected chi connectivity index (χ4v) is 4.02. The molecule has 1 amide bonds. The number of nitrogens with zero attached hydrogens (tertiary/aromatic N) is 2. The van der Waals surface area contributed by atoms with E-state index in [0.717, 1.165) is 43.3 Å². The predicted molar refractivity (Wildman–Crippen MR) is 106 cm³/mol. The molecular weight excluding hydrogens is 402 g/mol. The minimum Gasteiger partial charge on any atom is -0.392 e. The summed E-state index contributed by atoms with van der Waals surface area (Å²) in [4.78, 5) is 33.6. The molecule has 0 atom stereocenters. The van der Waals surface area contributed by atoms with E-state index in [4.69, 9.17) is 4.84 Å². The molecule has 1 aliphatic carbocycles. The number of anilines is 1. The molecular formula is C18H19N3O5S2. The molecule has 1 N–H and O–H groups in total. The molecule has 1 aromatic heterocycles. The highest BCUT2D eigenvalue weighted by Gasteiger charge is 2.21. The molecule has 148 valence electrons. The van der Waals surface area contributed by atoms with Crippen molar-refractivity contribution < 1.29 is 22.8 Å². The third-order valence-corrected chi connectivity index (χ3v) is 6.19. The lowest BCUT2D eigenvalue weighted by atomic mass is 10.1. The number of thiazole rings is 1. The van der Waals surface area contributed by atoms with Gasteiger partial charge in [-0.3, -0.25) is 14.9 Å². The van der Waals surface area contributed by atoms with Crippen LogP contribution in [0.5, 0.6) is 0 Å². The van der Waals surface area contributed by atoms with E-state index in [0.29, 0.717) is 16.7 Å². The quantitative estimate of drug-likeness (QED) is 0.418. The van der Waals surface area contributed by atoms with Gasteiger partial charge in [0.2, 0.25) is 0 Å². The summed E-state index contributed by atoms with van der Waals surface area (Å²) in [5.41, 5.74) is 0.421. The topological polar surface area (TPSA) is 115 Å². The number of carbonyl (C=O) groups excluding carboxylic acids is 2. The zero-order valence-electron chi connectivity index (χ0n) is 15.1. The van der Waals surface area contributed by atoms with E-state index in [-0.39, 0.29) is 21.8 Å². The Morgan fingerprint density at radius 3 is 2.54 bits per heavy atom. The van der Waals surface area contributed by atoms with Crippen LogP contribution < -0.4 is 5.32 Å². The van der Waals surface area contributed by atoms with Crippen molar-refractivity contribution in [3.63, 3.8) is 0 Å². The molecule has 0 unspecified atom stereocenters. The summed E-state index contributed by atoms with van der Waals surface area (Å²) in [6.45, 7) is 0. The molecule has 1 fully saturated rings. The summed E-state index contributed by atoms with van der Waals surface area (Å²) in [6, 6.07) is 5.84. The first kappa shape index (κ1) is 20.2. The van der Waals surface area contributed by atoms with Gasteiger partial charge in [-0.15, -0.1) is 0 Å². The molecule has 2 aromatic rings. The van der Waals surface area contributed by atoms with Crippen molar-refractivity contribution in [1.29, 1.82) is 0 Å². The largest absolute Gasteiger partial charge is 0.392 e. The Hall–Kier alpha value is -2.59. The van der Waals surface area contributed by atoms with E-state index in [2.05, 4.69) is 15.5 Å². The average molecular weight is 422 g/mol. The average Bonchev–Trinajstić information content (AvgIpc) is 3.33. The summed E-state index contributed by atoms with van der Waals surface area (Å²) in [7, 11) is -3.35. The second kappa shape index (κ2) is 8.61. The van der Waals surface area contributed by atoms with Crippen LogP contribution in [0.15, 0.2) is 40.5 Å². The zero-order chi connectivity index (χ0) is 20.1. The Morgan fingerprint density at radius 2 is 1.96 bits per heavy atom. The van der Waals surface area contributed by atoms with Gasteiger partial charge in [-0.1, -0.05) is 28.6 Å². The lowest BCUT2D eigenvalue weighted by molar-refractivity contribution is -0.110. The van der Waals surface area contributed by atoms with Crippen molar-refractivity contribution in [2.24, 2.45) is 5.16 Å². The van der Waals surface area contributed by atoms with Crippen LogP contribution in [0.25, 0.3) is 0 Å². The monoisotopic (exact) mass is 421 g/mol. The first-order valence-electron chi connectivity index (χ1n) is 8.63. The number of oxime groups is 1. The minimum absolute atomic E-state index is 0.00908. The molecule has 10 heteroatoms. The van der Waals surface area contributed by atoms with Crippen LogP contribution in [0.3, 0.4) is 0 Å². The Labute approximate surface area is 166 Å². The van der Waals surface area contributed by atoms with Gasteiger partial charge >= 0.3 is 0 Å². The number of nitrogens with one attached hydrogen (secondary N) is 1. The van der Waals surface area contributed by atoms with E-state index in [1.807, 2.05) is 0 Å². The molecule has 0 spiro atoms. The first-order valence-corrected chi connectivity index (χ1v) is 11.3. The van der Waals surface area contributed by atoms with Crippen molar-refractivity contribution in [3.8, 4) is 0 Å². The number of rotatable bonds is 7. The van der Waals surface area contributed by atoms with Crippen LogP contribution in [0.2, 0.25) is 0 Å². The van der Waals surface area contributed by atoms with Crippen LogP contribution in [-0.2, 0) is 19.5 Å². The molecule has 0 radical (unpaired) electrons. The number of hydrogen-bond donors (Lipinski definition) is 1. The van der Waals surface area contributed by atoms with Gasteiger partial charge in [0.1, 0.15) is 6.10 Å². The lowest BCUT2D eigenvalue weighted by Crippen LogP contribution is -2.25. The molecule has 1 saturated carbocycles. The molecule has 0 aliphatic heterocycles. The number of benzene rings is 1. The van der Waals surface area contributed by atoms with Gasteiger partial charge < -0.3 is 4.84 Å². The predicted octanol–water partition coefficient (Wildman–Crippen LogP) is 2.66. The maximum absolute atomic E-state index is 12.7. The molecule has 1 aliphatic rings. The van der Waals surface area contributed by atoms with Crippen LogP contribution >= 0.6 is 11.3 Å². The van der Waals surface area contributed by atoms with E-state index in [9.17, 15) is 18.0 Å². The van der Waals surface area contributed by atoms with Crippen LogP contribution in [0.4, 0.5) is 5.13 Å². The van der Waals surface area contributed by atoms with Gasteiger partial charge in [-0.25, -0.2) is 13.4 Å². The molecule has 0 bridgehead atoms. The second-order valence-corrected chi connectivity index (χ2v) is 9.47. The lowest BCUT2D eigenvalue weighted by Gasteiger charge is -2.10. The Balaban J connectivity index is 1.86. The molecule has 28 heavy (non-hydrogen) atoms. The second-order valence-electron chi connectivity index (χ2n) is 6.39. The maximum Gasteiger partial charge on any atom is 0.280 e. The van der Waals surface area contributed by atoms with E-state index < -0.39 is 15.7 Å². The van der Waals surface area contributed by atoms with Gasteiger partial charge in [0.15, 0.2) is 27.0 Å². The van der Waals surface area contributed by atoms with Gasteiger partial charge in [0.05, 0.1) is 16.0 Å². The highest BCUT2D eigenvalue weighted by atomic mass is 32.2. The van der Waals surface area contributed by atoms with Crippen LogP contribution in [-0.4, -0.2) is 43.7 Å². The summed E-state index contributed by atoms with van der Waals surface area (Å²) in [5.74, 6) is -0.558. The fraction of sp³-hybridized carbons (Fsp3) is 0.333. The summed E-state index contributed by atoms with van der Waals surface area (Å²) in [5, 5.41) is 6.91. The number of hydrogen-bond acceptors (Lipinski definition) is 8. The van der Waals surface area contributed by atoms with Crippen molar-refractivity contribution in [3.05, 3.63) is 40.9 Å². The Kier molecular flexibility index (Phi) is 6.20. The number of carbonyl (C=O) groups is 2. The summed E-state index contributed by atoms with van der Waals surface area (Å²) in [6.07, 6.45) is 6.94. The van der Waals surface area contributed by atoms with Crippen molar-refractivity contribution in [2.75, 3.05) is 11.6 Å². The molecule has 0 saturated heterocycles. The Bertz CT molecular complexity index is 990. The molecule has 1 heterocycles. The van der Waals surface area contributed by atoms with E-state index in [1.165, 1.54) is 30.5 Å². The maximum atomic E-state index is 12.7. The first-order chi connectivity index (χ1) is 13.4. The molecule has 1 aromatic carbocycles. The third-order valence-electron chi connectivity index (χ3n) is 4.23. The Morgan fingerprint density at radius 1 is 1.29 bits per heavy atom.